The zero-order chi connectivity index (χ0) is 17.9. The summed E-state index contributed by atoms with van der Waals surface area (Å²) in [4.78, 5) is 31.1. The van der Waals surface area contributed by atoms with Crippen LogP contribution in [-0.4, -0.2) is 38.1 Å². The Morgan fingerprint density at radius 2 is 1.96 bits per heavy atom. The van der Waals surface area contributed by atoms with Gasteiger partial charge in [-0.25, -0.2) is 14.6 Å². The Bertz CT molecular complexity index is 755. The molecule has 1 atom stereocenters. The van der Waals surface area contributed by atoms with E-state index in [1.54, 1.807) is 25.1 Å². The first-order valence-electron chi connectivity index (χ1n) is 7.33. The highest BCUT2D eigenvalue weighted by Gasteiger charge is 2.28. The third-order valence-electron chi connectivity index (χ3n) is 3.34. The van der Waals surface area contributed by atoms with Crippen LogP contribution in [0.3, 0.4) is 0 Å². The predicted octanol–water partition coefficient (Wildman–Crippen LogP) is 2.90. The van der Waals surface area contributed by atoms with Gasteiger partial charge in [-0.15, -0.1) is 0 Å². The number of carbonyl (C=O) groups is 2. The summed E-state index contributed by atoms with van der Waals surface area (Å²) in [7, 11) is 4.95. The van der Waals surface area contributed by atoms with Gasteiger partial charge in [-0.3, -0.25) is 0 Å². The molecule has 0 aliphatic rings. The summed E-state index contributed by atoms with van der Waals surface area (Å²) >= 11 is 1.22. The lowest BCUT2D eigenvalue weighted by Crippen LogP contribution is -2.21. The number of esters is 2. The lowest BCUT2D eigenvalue weighted by atomic mass is 10.1. The molecule has 2 aromatic rings. The molecule has 0 radical (unpaired) electrons. The van der Waals surface area contributed by atoms with E-state index in [2.05, 4.69) is 4.98 Å². The molecular weight excluding hydrogens is 328 g/mol. The van der Waals surface area contributed by atoms with Gasteiger partial charge in [0.25, 0.3) is 0 Å². The number of aryl methyl sites for hydroxylation is 2. The van der Waals surface area contributed by atoms with E-state index in [1.807, 2.05) is 32.0 Å². The molecule has 0 saturated heterocycles. The Kier molecular flexibility index (Phi) is 5.56. The molecule has 0 fully saturated rings. The standard InChI is InChI=1S/C17H20N2O4S/c1-10-7-6-8-12(9-10)13(15(20)22-5)23-16(21)14-11(2)18-17(24-14)19(3)4/h6-9,13H,1-5H3. The SMILES string of the molecule is COC(=O)C(OC(=O)c1sc(N(C)C)nc1C)c1cccc(C)c1. The van der Waals surface area contributed by atoms with Crippen LogP contribution in [0.25, 0.3) is 0 Å². The molecule has 1 aromatic carbocycles. The predicted molar refractivity (Wildman–Crippen MR) is 92.5 cm³/mol. The Hall–Kier alpha value is -2.41. The highest BCUT2D eigenvalue weighted by Crippen LogP contribution is 2.28. The third-order valence-corrected chi connectivity index (χ3v) is 4.64. The second-order valence-corrected chi connectivity index (χ2v) is 6.51. The zero-order valence-electron chi connectivity index (χ0n) is 14.3. The number of thiazole rings is 1. The summed E-state index contributed by atoms with van der Waals surface area (Å²) in [6, 6.07) is 7.22. The highest BCUT2D eigenvalue weighted by atomic mass is 32.1. The number of benzene rings is 1. The Morgan fingerprint density at radius 3 is 2.50 bits per heavy atom. The van der Waals surface area contributed by atoms with Gasteiger partial charge >= 0.3 is 11.9 Å². The monoisotopic (exact) mass is 348 g/mol. The van der Waals surface area contributed by atoms with Crippen molar-refractivity contribution < 1.29 is 19.1 Å². The minimum Gasteiger partial charge on any atom is -0.466 e. The van der Waals surface area contributed by atoms with E-state index in [0.29, 0.717) is 21.3 Å². The van der Waals surface area contributed by atoms with Gasteiger partial charge in [0.15, 0.2) is 5.13 Å². The Morgan fingerprint density at radius 1 is 1.25 bits per heavy atom. The maximum atomic E-state index is 12.5. The van der Waals surface area contributed by atoms with Crippen LogP contribution in [0.4, 0.5) is 5.13 Å². The van der Waals surface area contributed by atoms with Gasteiger partial charge < -0.3 is 14.4 Å². The number of hydrogen-bond acceptors (Lipinski definition) is 7. The topological polar surface area (TPSA) is 68.7 Å². The molecule has 0 amide bonds. The Labute approximate surface area is 145 Å². The Balaban J connectivity index is 2.30. The molecule has 0 N–H and O–H groups in total. The van der Waals surface area contributed by atoms with Gasteiger partial charge in [0.1, 0.15) is 4.88 Å². The van der Waals surface area contributed by atoms with E-state index in [1.165, 1.54) is 18.4 Å². The number of rotatable bonds is 5. The molecule has 0 aliphatic carbocycles. The molecule has 0 spiro atoms. The second kappa shape index (κ2) is 7.44. The van der Waals surface area contributed by atoms with Gasteiger partial charge in [0.2, 0.25) is 6.10 Å². The minimum atomic E-state index is -1.10. The third kappa shape index (κ3) is 3.91. The number of hydrogen-bond donors (Lipinski definition) is 0. The lowest BCUT2D eigenvalue weighted by Gasteiger charge is -2.16. The van der Waals surface area contributed by atoms with Gasteiger partial charge in [0.05, 0.1) is 12.8 Å². The molecular formula is C17H20N2O4S. The number of methoxy groups -OCH3 is 1. The fraction of sp³-hybridized carbons (Fsp3) is 0.353. The van der Waals surface area contributed by atoms with Crippen LogP contribution in [0.2, 0.25) is 0 Å². The fourth-order valence-corrected chi connectivity index (χ4v) is 2.99. The van der Waals surface area contributed by atoms with Crippen molar-refractivity contribution in [2.45, 2.75) is 20.0 Å². The molecule has 1 unspecified atom stereocenters. The van der Waals surface area contributed by atoms with E-state index in [-0.39, 0.29) is 0 Å². The van der Waals surface area contributed by atoms with Crippen LogP contribution in [0.1, 0.15) is 32.6 Å². The molecule has 0 aliphatic heterocycles. The van der Waals surface area contributed by atoms with Crippen LogP contribution in [0.5, 0.6) is 0 Å². The quantitative estimate of drug-likeness (QED) is 0.774. The molecule has 1 heterocycles. The van der Waals surface area contributed by atoms with E-state index < -0.39 is 18.0 Å². The lowest BCUT2D eigenvalue weighted by molar-refractivity contribution is -0.151. The average Bonchev–Trinajstić information content (AvgIpc) is 2.94. The maximum Gasteiger partial charge on any atom is 0.351 e. The fourth-order valence-electron chi connectivity index (χ4n) is 2.12. The first-order valence-corrected chi connectivity index (χ1v) is 8.15. The van der Waals surface area contributed by atoms with Gasteiger partial charge in [-0.05, 0) is 13.8 Å². The number of aromatic nitrogens is 1. The average molecular weight is 348 g/mol. The van der Waals surface area contributed by atoms with E-state index in [0.717, 1.165) is 5.56 Å². The summed E-state index contributed by atoms with van der Waals surface area (Å²) in [5, 5.41) is 0.699. The van der Waals surface area contributed by atoms with Crippen molar-refractivity contribution in [3.63, 3.8) is 0 Å². The van der Waals surface area contributed by atoms with Crippen molar-refractivity contribution in [1.29, 1.82) is 0 Å². The maximum absolute atomic E-state index is 12.5. The number of nitrogens with zero attached hydrogens (tertiary/aromatic N) is 2. The van der Waals surface area contributed by atoms with E-state index in [4.69, 9.17) is 9.47 Å². The molecule has 128 valence electrons. The minimum absolute atomic E-state index is 0.375. The van der Waals surface area contributed by atoms with Gasteiger partial charge in [-0.2, -0.15) is 0 Å². The normalized spacial score (nSPS) is 11.7. The van der Waals surface area contributed by atoms with E-state index in [9.17, 15) is 9.59 Å². The molecule has 2 rings (SSSR count). The molecule has 6 nitrogen and oxygen atoms in total. The highest BCUT2D eigenvalue weighted by molar-refractivity contribution is 7.17. The summed E-state index contributed by atoms with van der Waals surface area (Å²) < 4.78 is 10.2. The van der Waals surface area contributed by atoms with Crippen LogP contribution < -0.4 is 4.90 Å². The first kappa shape index (κ1) is 17.9. The largest absolute Gasteiger partial charge is 0.466 e. The van der Waals surface area contributed by atoms with E-state index >= 15 is 0 Å². The van der Waals surface area contributed by atoms with Crippen molar-refractivity contribution in [3.8, 4) is 0 Å². The second-order valence-electron chi connectivity index (χ2n) is 5.53. The molecule has 0 bridgehead atoms. The van der Waals surface area contributed by atoms with Gasteiger partial charge in [-0.1, -0.05) is 41.2 Å². The summed E-state index contributed by atoms with van der Waals surface area (Å²) in [6.07, 6.45) is -1.10. The summed E-state index contributed by atoms with van der Waals surface area (Å²) in [5.41, 5.74) is 2.10. The molecule has 7 heteroatoms. The molecule has 1 aromatic heterocycles. The van der Waals surface area contributed by atoms with Gasteiger partial charge in [0, 0.05) is 19.7 Å². The first-order chi connectivity index (χ1) is 11.3. The van der Waals surface area contributed by atoms with Crippen LogP contribution in [0.15, 0.2) is 24.3 Å². The van der Waals surface area contributed by atoms with Crippen molar-refractivity contribution in [2.24, 2.45) is 0 Å². The van der Waals surface area contributed by atoms with Crippen molar-refractivity contribution in [1.82, 2.24) is 4.98 Å². The van der Waals surface area contributed by atoms with Crippen molar-refractivity contribution in [2.75, 3.05) is 26.1 Å². The van der Waals surface area contributed by atoms with Crippen molar-refractivity contribution >= 4 is 28.4 Å². The summed E-state index contributed by atoms with van der Waals surface area (Å²) in [5.74, 6) is -1.21. The summed E-state index contributed by atoms with van der Waals surface area (Å²) in [6.45, 7) is 3.64. The van der Waals surface area contributed by atoms with Crippen LogP contribution in [-0.2, 0) is 14.3 Å². The molecule has 0 saturated carbocycles. The van der Waals surface area contributed by atoms with Crippen LogP contribution >= 0.6 is 11.3 Å². The smallest absolute Gasteiger partial charge is 0.351 e. The number of ether oxygens (including phenoxy) is 2. The van der Waals surface area contributed by atoms with Crippen LogP contribution in [0, 0.1) is 13.8 Å². The number of anilines is 1. The van der Waals surface area contributed by atoms with Crippen molar-refractivity contribution in [3.05, 3.63) is 46.0 Å². The molecule has 24 heavy (non-hydrogen) atoms. The zero-order valence-corrected chi connectivity index (χ0v) is 15.1. The number of carbonyl (C=O) groups excluding carboxylic acids is 2.